The molecule has 5 nitrogen and oxygen atoms in total. The Morgan fingerprint density at radius 1 is 1.47 bits per heavy atom. The maximum Gasteiger partial charge on any atom is 0.231 e. The van der Waals surface area contributed by atoms with Crippen molar-refractivity contribution < 1.29 is 10.0 Å². The molecule has 0 rings (SSSR count). The van der Waals surface area contributed by atoms with Gasteiger partial charge in [-0.2, -0.15) is 0 Å². The van der Waals surface area contributed by atoms with Crippen molar-refractivity contribution >= 4 is 11.7 Å². The quantitative estimate of drug-likeness (QED) is 0.287. The van der Waals surface area contributed by atoms with E-state index < -0.39 is 5.92 Å². The lowest BCUT2D eigenvalue weighted by Crippen LogP contribution is -2.50. The number of rotatable bonds is 6. The summed E-state index contributed by atoms with van der Waals surface area (Å²) in [5.74, 6) is -0.821. The first-order valence-electron chi connectivity index (χ1n) is 6.04. The van der Waals surface area contributed by atoms with Crippen molar-refractivity contribution in [3.63, 3.8) is 0 Å². The van der Waals surface area contributed by atoms with Crippen molar-refractivity contribution in [2.75, 3.05) is 0 Å². The lowest BCUT2D eigenvalue weighted by molar-refractivity contribution is -0.125. The molecule has 1 unspecified atom stereocenters. The molecule has 0 aliphatic heterocycles. The van der Waals surface area contributed by atoms with E-state index in [1.54, 1.807) is 0 Å². The molecule has 0 heterocycles. The number of carbonyl (C=O) groups excluding carboxylic acids is 1. The summed E-state index contributed by atoms with van der Waals surface area (Å²) in [5, 5.41) is 14.6. The summed E-state index contributed by atoms with van der Waals surface area (Å²) in [4.78, 5) is 12.1. The Morgan fingerprint density at radius 2 is 2.00 bits per heavy atom. The molecule has 5 heteroatoms. The molecule has 0 aliphatic carbocycles. The van der Waals surface area contributed by atoms with Crippen LogP contribution in [0.5, 0.6) is 0 Å². The minimum atomic E-state index is -0.587. The van der Waals surface area contributed by atoms with Gasteiger partial charge in [0, 0.05) is 5.54 Å². The van der Waals surface area contributed by atoms with E-state index in [4.69, 9.17) is 10.9 Å². The molecule has 100 valence electrons. The molecule has 0 spiro atoms. The SMILES string of the molecule is CCCC(C)(C)NC(=O)C(C(N)=NO)C(C)C. The number of amides is 1. The first kappa shape index (κ1) is 15.7. The second-order valence-corrected chi connectivity index (χ2v) is 5.37. The van der Waals surface area contributed by atoms with Gasteiger partial charge in [-0.05, 0) is 26.2 Å². The number of nitrogens with zero attached hydrogens (tertiary/aromatic N) is 1. The number of hydrogen-bond acceptors (Lipinski definition) is 3. The minimum Gasteiger partial charge on any atom is -0.409 e. The topological polar surface area (TPSA) is 87.7 Å². The highest BCUT2D eigenvalue weighted by molar-refractivity contribution is 6.02. The van der Waals surface area contributed by atoms with E-state index in [0.717, 1.165) is 12.8 Å². The van der Waals surface area contributed by atoms with Crippen molar-refractivity contribution in [1.82, 2.24) is 5.32 Å². The summed E-state index contributed by atoms with van der Waals surface area (Å²) in [6.45, 7) is 9.75. The van der Waals surface area contributed by atoms with Crippen LogP contribution in [0, 0.1) is 11.8 Å². The fourth-order valence-corrected chi connectivity index (χ4v) is 1.94. The van der Waals surface area contributed by atoms with Crippen LogP contribution in [0.15, 0.2) is 5.16 Å². The highest BCUT2D eigenvalue weighted by Gasteiger charge is 2.30. The largest absolute Gasteiger partial charge is 0.409 e. The van der Waals surface area contributed by atoms with Crippen LogP contribution < -0.4 is 11.1 Å². The van der Waals surface area contributed by atoms with E-state index >= 15 is 0 Å². The monoisotopic (exact) mass is 243 g/mol. The zero-order valence-corrected chi connectivity index (χ0v) is 11.4. The molecule has 4 N–H and O–H groups in total. The Bertz CT molecular complexity index is 285. The summed E-state index contributed by atoms with van der Waals surface area (Å²) >= 11 is 0. The predicted molar refractivity (Wildman–Crippen MR) is 68.9 cm³/mol. The van der Waals surface area contributed by atoms with Crippen LogP contribution in [0.25, 0.3) is 0 Å². The van der Waals surface area contributed by atoms with Gasteiger partial charge in [0.1, 0.15) is 5.92 Å². The molecule has 1 atom stereocenters. The van der Waals surface area contributed by atoms with Gasteiger partial charge in [-0.3, -0.25) is 4.79 Å². The van der Waals surface area contributed by atoms with Gasteiger partial charge in [-0.1, -0.05) is 32.3 Å². The molecule has 17 heavy (non-hydrogen) atoms. The third kappa shape index (κ3) is 5.06. The van der Waals surface area contributed by atoms with Crippen molar-refractivity contribution in [1.29, 1.82) is 0 Å². The van der Waals surface area contributed by atoms with Gasteiger partial charge in [-0.25, -0.2) is 0 Å². The molecule has 0 aromatic rings. The maximum atomic E-state index is 12.1. The Labute approximate surface area is 103 Å². The third-order valence-corrected chi connectivity index (χ3v) is 2.72. The van der Waals surface area contributed by atoms with Crippen LogP contribution in [0.3, 0.4) is 0 Å². The molecule has 0 fully saturated rings. The van der Waals surface area contributed by atoms with E-state index in [1.165, 1.54) is 0 Å². The van der Waals surface area contributed by atoms with E-state index in [9.17, 15) is 4.79 Å². The highest BCUT2D eigenvalue weighted by Crippen LogP contribution is 2.16. The van der Waals surface area contributed by atoms with E-state index in [2.05, 4.69) is 17.4 Å². The molecular weight excluding hydrogens is 218 g/mol. The zero-order valence-electron chi connectivity index (χ0n) is 11.4. The average molecular weight is 243 g/mol. The Kier molecular flexibility index (Phi) is 5.99. The number of carbonyl (C=O) groups is 1. The molecule has 0 aromatic carbocycles. The van der Waals surface area contributed by atoms with Crippen LogP contribution in [0.2, 0.25) is 0 Å². The van der Waals surface area contributed by atoms with E-state index in [-0.39, 0.29) is 23.2 Å². The average Bonchev–Trinajstić information content (AvgIpc) is 2.15. The summed E-state index contributed by atoms with van der Waals surface area (Å²) in [7, 11) is 0. The van der Waals surface area contributed by atoms with Gasteiger partial charge in [0.15, 0.2) is 5.84 Å². The number of hydrogen-bond donors (Lipinski definition) is 3. The molecule has 0 saturated heterocycles. The first-order chi connectivity index (χ1) is 7.75. The molecule has 0 saturated carbocycles. The van der Waals surface area contributed by atoms with Crippen LogP contribution in [-0.4, -0.2) is 22.5 Å². The summed E-state index contributed by atoms with van der Waals surface area (Å²) in [6.07, 6.45) is 1.88. The van der Waals surface area contributed by atoms with Gasteiger partial charge >= 0.3 is 0 Å². The Hall–Kier alpha value is -1.26. The highest BCUT2D eigenvalue weighted by atomic mass is 16.4. The van der Waals surface area contributed by atoms with Crippen LogP contribution in [-0.2, 0) is 4.79 Å². The summed E-state index contributed by atoms with van der Waals surface area (Å²) < 4.78 is 0. The minimum absolute atomic E-state index is 0.0108. The predicted octanol–water partition coefficient (Wildman–Crippen LogP) is 1.70. The second kappa shape index (κ2) is 6.47. The third-order valence-electron chi connectivity index (χ3n) is 2.72. The van der Waals surface area contributed by atoms with E-state index in [0.29, 0.717) is 0 Å². The van der Waals surface area contributed by atoms with Crippen molar-refractivity contribution in [3.8, 4) is 0 Å². The molecule has 0 aromatic heterocycles. The van der Waals surface area contributed by atoms with Crippen LogP contribution in [0.1, 0.15) is 47.5 Å². The maximum absolute atomic E-state index is 12.1. The van der Waals surface area contributed by atoms with Gasteiger partial charge in [-0.15, -0.1) is 0 Å². The van der Waals surface area contributed by atoms with E-state index in [1.807, 2.05) is 27.7 Å². The number of amidine groups is 1. The molecular formula is C12H25N3O2. The van der Waals surface area contributed by atoms with Gasteiger partial charge in [0.25, 0.3) is 0 Å². The van der Waals surface area contributed by atoms with Crippen LogP contribution in [0.4, 0.5) is 0 Å². The van der Waals surface area contributed by atoms with Gasteiger partial charge in [0.05, 0.1) is 0 Å². The fourth-order valence-electron chi connectivity index (χ4n) is 1.94. The van der Waals surface area contributed by atoms with Crippen molar-refractivity contribution in [2.24, 2.45) is 22.7 Å². The number of oxime groups is 1. The zero-order chi connectivity index (χ0) is 13.6. The van der Waals surface area contributed by atoms with Crippen LogP contribution >= 0.6 is 0 Å². The summed E-state index contributed by atoms with van der Waals surface area (Å²) in [6, 6.07) is 0. The molecule has 0 aliphatic rings. The Balaban J connectivity index is 4.76. The summed E-state index contributed by atoms with van der Waals surface area (Å²) in [5.41, 5.74) is 5.28. The standard InChI is InChI=1S/C12H25N3O2/c1-6-7-12(4,5)14-11(16)9(8(2)3)10(13)15-17/h8-9,17H,6-7H2,1-5H3,(H2,13,15)(H,14,16). The smallest absolute Gasteiger partial charge is 0.231 e. The second-order valence-electron chi connectivity index (χ2n) is 5.37. The lowest BCUT2D eigenvalue weighted by atomic mass is 9.91. The number of nitrogens with two attached hydrogens (primary N) is 1. The normalized spacial score (nSPS) is 14.8. The molecule has 0 bridgehead atoms. The number of nitrogens with one attached hydrogen (secondary N) is 1. The van der Waals surface area contributed by atoms with Gasteiger partial charge in [0.2, 0.25) is 5.91 Å². The first-order valence-corrected chi connectivity index (χ1v) is 6.04. The van der Waals surface area contributed by atoms with Crippen molar-refractivity contribution in [2.45, 2.75) is 53.0 Å². The lowest BCUT2D eigenvalue weighted by Gasteiger charge is -2.29. The molecule has 1 amide bonds. The van der Waals surface area contributed by atoms with Gasteiger partial charge < -0.3 is 16.3 Å². The van der Waals surface area contributed by atoms with Crippen molar-refractivity contribution in [3.05, 3.63) is 0 Å². The fraction of sp³-hybridized carbons (Fsp3) is 0.833. The molecule has 0 radical (unpaired) electrons. The Morgan fingerprint density at radius 3 is 2.35 bits per heavy atom.